The molecule has 1 heterocycles. The third kappa shape index (κ3) is 4.77. The number of ether oxygens (including phenoxy) is 1. The molecule has 1 aromatic rings. The average Bonchev–Trinajstić information content (AvgIpc) is 2.38. The normalized spacial score (nSPS) is 13.5. The van der Waals surface area contributed by atoms with E-state index in [9.17, 15) is 13.2 Å². The molecule has 0 aliphatic rings. The molecule has 0 bridgehead atoms. The lowest BCUT2D eigenvalue weighted by atomic mass is 10.0. The summed E-state index contributed by atoms with van der Waals surface area (Å²) in [6.07, 6.45) is -0.898. The summed E-state index contributed by atoms with van der Waals surface area (Å²) in [7, 11) is 0. The molecule has 3 N–H and O–H groups in total. The maximum absolute atomic E-state index is 12.9. The van der Waals surface area contributed by atoms with Crippen molar-refractivity contribution in [1.82, 2.24) is 10.4 Å². The van der Waals surface area contributed by atoms with Gasteiger partial charge in [-0.25, -0.2) is 0 Å². The van der Waals surface area contributed by atoms with Gasteiger partial charge >= 0.3 is 6.18 Å². The molecule has 1 rings (SSSR count). The van der Waals surface area contributed by atoms with Crippen molar-refractivity contribution in [3.05, 3.63) is 29.6 Å². The van der Waals surface area contributed by atoms with E-state index in [1.54, 1.807) is 0 Å². The maximum atomic E-state index is 12.9. The van der Waals surface area contributed by atoms with Crippen LogP contribution in [0.15, 0.2) is 18.5 Å². The minimum Gasteiger partial charge on any atom is -0.381 e. The average molecular weight is 277 g/mol. The van der Waals surface area contributed by atoms with E-state index >= 15 is 0 Å². The zero-order chi connectivity index (χ0) is 14.3. The predicted molar refractivity (Wildman–Crippen MR) is 65.0 cm³/mol. The summed E-state index contributed by atoms with van der Waals surface area (Å²) in [6.45, 7) is 2.88. The molecule has 0 amide bonds. The van der Waals surface area contributed by atoms with Gasteiger partial charge in [-0.3, -0.25) is 16.3 Å². The van der Waals surface area contributed by atoms with Crippen molar-refractivity contribution < 1.29 is 17.9 Å². The van der Waals surface area contributed by atoms with Gasteiger partial charge < -0.3 is 4.74 Å². The number of hydrogen-bond donors (Lipinski definition) is 2. The summed E-state index contributed by atoms with van der Waals surface area (Å²) in [5, 5.41) is 0. The van der Waals surface area contributed by atoms with Crippen molar-refractivity contribution in [2.24, 2.45) is 5.84 Å². The molecule has 1 atom stereocenters. The van der Waals surface area contributed by atoms with Gasteiger partial charge in [-0.2, -0.15) is 13.2 Å². The van der Waals surface area contributed by atoms with E-state index < -0.39 is 17.8 Å². The van der Waals surface area contributed by atoms with Crippen molar-refractivity contribution in [1.29, 1.82) is 0 Å². The zero-order valence-corrected chi connectivity index (χ0v) is 10.7. The Kier molecular flexibility index (Phi) is 6.20. The lowest BCUT2D eigenvalue weighted by molar-refractivity contribution is -0.138. The molecule has 0 aliphatic carbocycles. The monoisotopic (exact) mass is 277 g/mol. The van der Waals surface area contributed by atoms with Gasteiger partial charge in [0.1, 0.15) is 0 Å². The van der Waals surface area contributed by atoms with Gasteiger partial charge in [0.25, 0.3) is 0 Å². The molecular weight excluding hydrogens is 259 g/mol. The van der Waals surface area contributed by atoms with Crippen LogP contribution in [0.5, 0.6) is 0 Å². The Labute approximate surface area is 110 Å². The fourth-order valence-electron chi connectivity index (χ4n) is 1.72. The lowest BCUT2D eigenvalue weighted by Gasteiger charge is -2.20. The largest absolute Gasteiger partial charge is 0.416 e. The number of rotatable bonds is 7. The number of nitrogens with two attached hydrogens (primary N) is 1. The van der Waals surface area contributed by atoms with Crippen LogP contribution in [-0.2, 0) is 10.9 Å². The lowest BCUT2D eigenvalue weighted by Crippen LogP contribution is -2.31. The minimum absolute atomic E-state index is 0.0394. The second-order valence-corrected chi connectivity index (χ2v) is 4.08. The van der Waals surface area contributed by atoms with Gasteiger partial charge in [0.05, 0.1) is 11.6 Å². The number of hydrogen-bond acceptors (Lipinski definition) is 4. The van der Waals surface area contributed by atoms with Crippen LogP contribution in [0.4, 0.5) is 13.2 Å². The number of pyridine rings is 1. The van der Waals surface area contributed by atoms with Crippen LogP contribution in [0.25, 0.3) is 0 Å². The molecule has 4 nitrogen and oxygen atoms in total. The zero-order valence-electron chi connectivity index (χ0n) is 10.7. The van der Waals surface area contributed by atoms with Gasteiger partial charge in [0, 0.05) is 31.2 Å². The molecule has 0 fully saturated rings. The number of hydrazine groups is 1. The van der Waals surface area contributed by atoms with E-state index in [4.69, 9.17) is 10.6 Å². The number of nitrogens with one attached hydrogen (secondary N) is 1. The highest BCUT2D eigenvalue weighted by molar-refractivity contribution is 5.29. The molecule has 0 aromatic carbocycles. The first-order chi connectivity index (χ1) is 9.00. The van der Waals surface area contributed by atoms with E-state index in [-0.39, 0.29) is 5.56 Å². The first-order valence-corrected chi connectivity index (χ1v) is 6.05. The smallest absolute Gasteiger partial charge is 0.381 e. The van der Waals surface area contributed by atoms with E-state index in [1.165, 1.54) is 6.20 Å². The summed E-state index contributed by atoms with van der Waals surface area (Å²) >= 11 is 0. The predicted octanol–water partition coefficient (Wildman–Crippen LogP) is 2.42. The molecule has 0 saturated carbocycles. The van der Waals surface area contributed by atoms with Gasteiger partial charge in [-0.1, -0.05) is 6.92 Å². The van der Waals surface area contributed by atoms with Crippen LogP contribution in [-0.4, -0.2) is 18.2 Å². The number of nitrogens with zero attached hydrogens (tertiary/aromatic N) is 1. The van der Waals surface area contributed by atoms with Crippen LogP contribution in [0, 0.1) is 0 Å². The molecule has 0 radical (unpaired) electrons. The molecule has 19 heavy (non-hydrogen) atoms. The van der Waals surface area contributed by atoms with Crippen molar-refractivity contribution in [3.8, 4) is 0 Å². The third-order valence-electron chi connectivity index (χ3n) is 2.63. The molecule has 0 saturated heterocycles. The molecule has 0 aliphatic heterocycles. The summed E-state index contributed by atoms with van der Waals surface area (Å²) in [6, 6.07) is 0.314. The second kappa shape index (κ2) is 7.42. The highest BCUT2D eigenvalue weighted by atomic mass is 19.4. The van der Waals surface area contributed by atoms with Crippen molar-refractivity contribution in [3.63, 3.8) is 0 Å². The Morgan fingerprint density at radius 2 is 2.16 bits per heavy atom. The Morgan fingerprint density at radius 1 is 1.42 bits per heavy atom. The number of aromatic nitrogens is 1. The highest BCUT2D eigenvalue weighted by Crippen LogP contribution is 2.34. The Balaban J connectivity index is 2.80. The summed E-state index contributed by atoms with van der Waals surface area (Å²) in [5.41, 5.74) is 1.71. The molecular formula is C12H18F3N3O. The molecule has 7 heteroatoms. The SMILES string of the molecule is CCCOCCC(NN)c1cnccc1C(F)(F)F. The summed E-state index contributed by atoms with van der Waals surface area (Å²) in [5.74, 6) is 5.33. The van der Waals surface area contributed by atoms with Crippen LogP contribution in [0.2, 0.25) is 0 Å². The topological polar surface area (TPSA) is 60.2 Å². The molecule has 1 unspecified atom stereocenters. The molecule has 108 valence electrons. The quantitative estimate of drug-likeness (QED) is 0.456. The van der Waals surface area contributed by atoms with Crippen molar-refractivity contribution >= 4 is 0 Å². The van der Waals surface area contributed by atoms with Gasteiger partial charge in [0.2, 0.25) is 0 Å². The second-order valence-electron chi connectivity index (χ2n) is 4.08. The van der Waals surface area contributed by atoms with E-state index in [0.717, 1.165) is 18.7 Å². The van der Waals surface area contributed by atoms with Gasteiger partial charge in [-0.15, -0.1) is 0 Å². The van der Waals surface area contributed by atoms with Crippen molar-refractivity contribution in [2.45, 2.75) is 32.0 Å². The Hall–Kier alpha value is -1.18. The summed E-state index contributed by atoms with van der Waals surface area (Å²) in [4.78, 5) is 3.74. The van der Waals surface area contributed by atoms with Crippen LogP contribution in [0.3, 0.4) is 0 Å². The number of halogens is 3. The van der Waals surface area contributed by atoms with Gasteiger partial charge in [-0.05, 0) is 18.9 Å². The van der Waals surface area contributed by atoms with Crippen molar-refractivity contribution in [2.75, 3.05) is 13.2 Å². The van der Waals surface area contributed by atoms with Gasteiger partial charge in [0.15, 0.2) is 0 Å². The molecule has 0 spiro atoms. The fourth-order valence-corrected chi connectivity index (χ4v) is 1.72. The Bertz CT molecular complexity index is 385. The van der Waals surface area contributed by atoms with E-state index in [2.05, 4.69) is 10.4 Å². The maximum Gasteiger partial charge on any atom is 0.416 e. The highest BCUT2D eigenvalue weighted by Gasteiger charge is 2.35. The minimum atomic E-state index is -4.42. The first kappa shape index (κ1) is 15.9. The molecule has 1 aromatic heterocycles. The van der Waals surface area contributed by atoms with Crippen LogP contribution in [0.1, 0.15) is 36.9 Å². The van der Waals surface area contributed by atoms with E-state index in [1.807, 2.05) is 6.92 Å². The summed E-state index contributed by atoms with van der Waals surface area (Å²) < 4.78 is 43.8. The third-order valence-corrected chi connectivity index (χ3v) is 2.63. The standard InChI is InChI=1S/C12H18F3N3O/c1-2-6-19-7-4-11(18-16)9-8-17-5-3-10(9)12(13,14)15/h3,5,8,11,18H,2,4,6-7,16H2,1H3. The first-order valence-electron chi connectivity index (χ1n) is 6.05. The Morgan fingerprint density at radius 3 is 2.74 bits per heavy atom. The fraction of sp³-hybridized carbons (Fsp3) is 0.583. The van der Waals surface area contributed by atoms with Crippen LogP contribution >= 0.6 is 0 Å². The van der Waals surface area contributed by atoms with E-state index in [0.29, 0.717) is 19.6 Å². The van der Waals surface area contributed by atoms with Crippen LogP contribution < -0.4 is 11.3 Å². The number of alkyl halides is 3.